The van der Waals surface area contributed by atoms with Crippen LogP contribution in [0.3, 0.4) is 0 Å². The molecule has 7 nitrogen and oxygen atoms in total. The Balaban J connectivity index is 1.79. The van der Waals surface area contributed by atoms with Crippen LogP contribution >= 0.6 is 0 Å². The first kappa shape index (κ1) is 13.9. The molecular formula is C16H19N7. The number of nitrogens with two attached hydrogens (primary N) is 1. The van der Waals surface area contributed by atoms with Crippen molar-refractivity contribution in [2.45, 2.75) is 25.7 Å². The van der Waals surface area contributed by atoms with Gasteiger partial charge in [0, 0.05) is 13.1 Å². The minimum Gasteiger partial charge on any atom is -0.393 e. The number of fused-ring (bicyclic) bond motifs is 1. The second-order valence-electron chi connectivity index (χ2n) is 5.83. The number of anilines is 2. The summed E-state index contributed by atoms with van der Waals surface area (Å²) in [6.45, 7) is 1.97. The van der Waals surface area contributed by atoms with Crippen LogP contribution in [0.4, 0.5) is 11.5 Å². The fourth-order valence-corrected chi connectivity index (χ4v) is 3.11. The number of hydrogen-bond donors (Lipinski definition) is 1. The molecule has 2 N–H and O–H groups in total. The number of para-hydroxylation sites is 1. The van der Waals surface area contributed by atoms with Crippen LogP contribution in [-0.2, 0) is 0 Å². The lowest BCUT2D eigenvalue weighted by atomic mass is 10.2. The summed E-state index contributed by atoms with van der Waals surface area (Å²) in [5.41, 5.74) is 8.66. The Hall–Kier alpha value is -2.70. The molecule has 7 heteroatoms. The minimum absolute atomic E-state index is 0.560. The minimum atomic E-state index is 0.560. The molecule has 0 spiro atoms. The molecule has 3 heterocycles. The maximum absolute atomic E-state index is 6.39. The third kappa shape index (κ3) is 2.48. The van der Waals surface area contributed by atoms with E-state index >= 15 is 0 Å². The van der Waals surface area contributed by atoms with E-state index in [1.54, 1.807) is 11.0 Å². The summed E-state index contributed by atoms with van der Waals surface area (Å²) < 4.78 is 1.69. The number of nitrogens with zero attached hydrogens (tertiary/aromatic N) is 6. The molecule has 0 amide bonds. The summed E-state index contributed by atoms with van der Waals surface area (Å²) in [6.07, 6.45) is 6.43. The fraction of sp³-hybridized carbons (Fsp3) is 0.375. The van der Waals surface area contributed by atoms with Crippen LogP contribution in [0.25, 0.3) is 16.9 Å². The SMILES string of the molecule is Nc1c(N2CCCCCC2)ncnc1-n1nnc2ccccc21. The van der Waals surface area contributed by atoms with Crippen molar-refractivity contribution >= 4 is 22.5 Å². The molecule has 23 heavy (non-hydrogen) atoms. The lowest BCUT2D eigenvalue weighted by molar-refractivity contribution is 0.726. The standard InChI is InChI=1S/C16H19N7/c17-14-15(22-9-5-1-2-6-10-22)18-11-19-16(14)23-13-8-4-3-7-12(13)20-21-23/h3-4,7-8,11H,1-2,5-6,9-10,17H2. The van der Waals surface area contributed by atoms with Crippen molar-refractivity contribution in [1.82, 2.24) is 25.0 Å². The topological polar surface area (TPSA) is 85.8 Å². The van der Waals surface area contributed by atoms with Crippen LogP contribution in [0.15, 0.2) is 30.6 Å². The summed E-state index contributed by atoms with van der Waals surface area (Å²) in [5.74, 6) is 1.39. The molecule has 0 atom stereocenters. The highest BCUT2D eigenvalue weighted by Crippen LogP contribution is 2.28. The third-order valence-corrected chi connectivity index (χ3v) is 4.30. The summed E-state index contributed by atoms with van der Waals surface area (Å²) in [4.78, 5) is 11.0. The Labute approximate surface area is 134 Å². The third-order valence-electron chi connectivity index (χ3n) is 4.30. The molecule has 0 saturated carbocycles. The number of benzene rings is 1. The summed E-state index contributed by atoms with van der Waals surface area (Å²) in [6, 6.07) is 7.77. The van der Waals surface area contributed by atoms with E-state index in [4.69, 9.17) is 5.73 Å². The number of nitrogen functional groups attached to an aromatic ring is 1. The van der Waals surface area contributed by atoms with Crippen LogP contribution in [0.2, 0.25) is 0 Å². The first-order chi connectivity index (χ1) is 11.3. The lowest BCUT2D eigenvalue weighted by Gasteiger charge is -2.23. The van der Waals surface area contributed by atoms with Crippen molar-refractivity contribution in [3.8, 4) is 5.82 Å². The molecular weight excluding hydrogens is 290 g/mol. The molecule has 1 aromatic carbocycles. The van der Waals surface area contributed by atoms with E-state index in [2.05, 4.69) is 25.2 Å². The maximum Gasteiger partial charge on any atom is 0.184 e. The van der Waals surface area contributed by atoms with Crippen LogP contribution in [0, 0.1) is 0 Å². The van der Waals surface area contributed by atoms with Gasteiger partial charge in [-0.15, -0.1) is 5.10 Å². The Bertz CT molecular complexity index is 818. The molecule has 118 valence electrons. The van der Waals surface area contributed by atoms with Crippen molar-refractivity contribution in [2.75, 3.05) is 23.7 Å². The average Bonchev–Trinajstić information content (AvgIpc) is 2.82. The van der Waals surface area contributed by atoms with Gasteiger partial charge in [-0.1, -0.05) is 30.2 Å². The van der Waals surface area contributed by atoms with Gasteiger partial charge in [0.25, 0.3) is 0 Å². The molecule has 1 aliphatic heterocycles. The van der Waals surface area contributed by atoms with E-state index in [0.29, 0.717) is 11.5 Å². The van der Waals surface area contributed by atoms with E-state index in [1.165, 1.54) is 25.7 Å². The zero-order valence-electron chi connectivity index (χ0n) is 12.9. The fourth-order valence-electron chi connectivity index (χ4n) is 3.11. The van der Waals surface area contributed by atoms with Crippen molar-refractivity contribution < 1.29 is 0 Å². The van der Waals surface area contributed by atoms with Gasteiger partial charge in [0.05, 0.1) is 5.52 Å². The van der Waals surface area contributed by atoms with Crippen molar-refractivity contribution in [3.63, 3.8) is 0 Å². The second-order valence-corrected chi connectivity index (χ2v) is 5.83. The smallest absolute Gasteiger partial charge is 0.184 e. The summed E-state index contributed by atoms with van der Waals surface area (Å²) in [5, 5.41) is 8.39. The Kier molecular flexibility index (Phi) is 3.53. The van der Waals surface area contributed by atoms with Gasteiger partial charge in [-0.2, -0.15) is 4.68 Å². The lowest BCUT2D eigenvalue weighted by Crippen LogP contribution is -2.26. The van der Waals surface area contributed by atoms with Gasteiger partial charge in [0.15, 0.2) is 11.6 Å². The highest BCUT2D eigenvalue weighted by atomic mass is 15.4. The van der Waals surface area contributed by atoms with E-state index in [1.807, 2.05) is 24.3 Å². The largest absolute Gasteiger partial charge is 0.393 e. The monoisotopic (exact) mass is 309 g/mol. The normalized spacial score (nSPS) is 15.7. The Morgan fingerprint density at radius 3 is 2.48 bits per heavy atom. The molecule has 0 radical (unpaired) electrons. The van der Waals surface area contributed by atoms with Gasteiger partial charge >= 0.3 is 0 Å². The summed E-state index contributed by atoms with van der Waals surface area (Å²) >= 11 is 0. The predicted molar refractivity (Wildman–Crippen MR) is 89.5 cm³/mol. The Morgan fingerprint density at radius 2 is 1.65 bits per heavy atom. The average molecular weight is 309 g/mol. The molecule has 4 rings (SSSR count). The second kappa shape index (κ2) is 5.83. The molecule has 2 aromatic heterocycles. The highest BCUT2D eigenvalue weighted by Gasteiger charge is 2.19. The molecule has 0 bridgehead atoms. The van der Waals surface area contributed by atoms with Crippen LogP contribution in [0.5, 0.6) is 0 Å². The van der Waals surface area contributed by atoms with Gasteiger partial charge in [-0.25, -0.2) is 9.97 Å². The van der Waals surface area contributed by atoms with Gasteiger partial charge < -0.3 is 10.6 Å². The van der Waals surface area contributed by atoms with Crippen molar-refractivity contribution in [1.29, 1.82) is 0 Å². The van der Waals surface area contributed by atoms with Gasteiger partial charge in [0.1, 0.15) is 17.5 Å². The van der Waals surface area contributed by atoms with E-state index < -0.39 is 0 Å². The zero-order valence-corrected chi connectivity index (χ0v) is 12.9. The summed E-state index contributed by atoms with van der Waals surface area (Å²) in [7, 11) is 0. The number of rotatable bonds is 2. The first-order valence-corrected chi connectivity index (χ1v) is 8.01. The van der Waals surface area contributed by atoms with Gasteiger partial charge in [-0.3, -0.25) is 0 Å². The predicted octanol–water partition coefficient (Wildman–Crippen LogP) is 2.17. The zero-order chi connectivity index (χ0) is 15.6. The molecule has 1 aliphatic rings. The Morgan fingerprint density at radius 1 is 0.913 bits per heavy atom. The molecule has 0 unspecified atom stereocenters. The van der Waals surface area contributed by atoms with Crippen molar-refractivity contribution in [2.24, 2.45) is 0 Å². The molecule has 1 saturated heterocycles. The van der Waals surface area contributed by atoms with E-state index in [0.717, 1.165) is 29.9 Å². The van der Waals surface area contributed by atoms with Crippen molar-refractivity contribution in [3.05, 3.63) is 30.6 Å². The maximum atomic E-state index is 6.39. The first-order valence-electron chi connectivity index (χ1n) is 8.01. The van der Waals surface area contributed by atoms with Crippen LogP contribution < -0.4 is 10.6 Å². The van der Waals surface area contributed by atoms with Crippen LogP contribution in [-0.4, -0.2) is 38.1 Å². The highest BCUT2D eigenvalue weighted by molar-refractivity contribution is 5.79. The van der Waals surface area contributed by atoms with Crippen LogP contribution in [0.1, 0.15) is 25.7 Å². The van der Waals surface area contributed by atoms with Gasteiger partial charge in [0.2, 0.25) is 0 Å². The molecule has 0 aliphatic carbocycles. The molecule has 1 fully saturated rings. The van der Waals surface area contributed by atoms with E-state index in [-0.39, 0.29) is 0 Å². The number of hydrogen-bond acceptors (Lipinski definition) is 6. The molecule has 3 aromatic rings. The van der Waals surface area contributed by atoms with Gasteiger partial charge in [-0.05, 0) is 25.0 Å². The number of aromatic nitrogens is 5. The quantitative estimate of drug-likeness (QED) is 0.781. The van der Waals surface area contributed by atoms with E-state index in [9.17, 15) is 0 Å².